The highest BCUT2D eigenvalue weighted by molar-refractivity contribution is 9.10. The van der Waals surface area contributed by atoms with E-state index in [0.717, 1.165) is 21.1 Å². The first-order valence-corrected chi connectivity index (χ1v) is 5.86. The van der Waals surface area contributed by atoms with Crippen LogP contribution in [-0.4, -0.2) is 14.9 Å². The molecule has 4 heteroatoms. The van der Waals surface area contributed by atoms with Crippen LogP contribution in [-0.2, 0) is 6.61 Å². The Morgan fingerprint density at radius 2 is 2.27 bits per heavy atom. The maximum Gasteiger partial charge on any atom is 0.0958 e. The Morgan fingerprint density at radius 1 is 1.47 bits per heavy atom. The number of fused-ring (bicyclic) bond motifs is 1. The van der Waals surface area contributed by atoms with Gasteiger partial charge in [0.15, 0.2) is 0 Å². The van der Waals surface area contributed by atoms with E-state index < -0.39 is 0 Å². The average molecular weight is 267 g/mol. The van der Waals surface area contributed by atoms with E-state index in [2.05, 4.69) is 27.1 Å². The zero-order valence-electron chi connectivity index (χ0n) is 8.15. The van der Waals surface area contributed by atoms with Gasteiger partial charge in [0.05, 0.1) is 23.9 Å². The van der Waals surface area contributed by atoms with E-state index in [1.807, 2.05) is 16.8 Å². The molecule has 1 aliphatic carbocycles. The molecule has 3 nitrogen and oxygen atoms in total. The smallest absolute Gasteiger partial charge is 0.0958 e. The fraction of sp³-hybridized carbons (Fsp3) is 0.364. The first-order valence-electron chi connectivity index (χ1n) is 5.07. The third-order valence-electron chi connectivity index (χ3n) is 2.79. The molecule has 78 valence electrons. The van der Waals surface area contributed by atoms with Gasteiger partial charge in [-0.2, -0.15) is 5.10 Å². The topological polar surface area (TPSA) is 38.1 Å². The monoisotopic (exact) mass is 266 g/mol. The van der Waals surface area contributed by atoms with Gasteiger partial charge in [0, 0.05) is 9.86 Å². The molecule has 2 aromatic rings. The molecule has 3 rings (SSSR count). The highest BCUT2D eigenvalue weighted by Gasteiger charge is 2.27. The summed E-state index contributed by atoms with van der Waals surface area (Å²) in [5.41, 5.74) is 1.91. The molecule has 0 aliphatic heterocycles. The first kappa shape index (κ1) is 9.36. The molecule has 1 N–H and O–H groups in total. The second-order valence-electron chi connectivity index (χ2n) is 3.94. The number of benzene rings is 1. The van der Waals surface area contributed by atoms with Gasteiger partial charge in [-0.1, -0.05) is 15.9 Å². The quantitative estimate of drug-likeness (QED) is 0.908. The van der Waals surface area contributed by atoms with Crippen LogP contribution in [0.15, 0.2) is 22.7 Å². The molecule has 1 aromatic carbocycles. The van der Waals surface area contributed by atoms with Gasteiger partial charge < -0.3 is 5.11 Å². The van der Waals surface area contributed by atoms with E-state index in [9.17, 15) is 5.11 Å². The van der Waals surface area contributed by atoms with Crippen LogP contribution in [0.25, 0.3) is 10.9 Å². The van der Waals surface area contributed by atoms with Crippen molar-refractivity contribution in [1.29, 1.82) is 0 Å². The molecule has 0 amide bonds. The lowest BCUT2D eigenvalue weighted by molar-refractivity contribution is 0.276. The molecule has 0 bridgehead atoms. The number of aliphatic hydroxyl groups is 1. The Kier molecular flexibility index (Phi) is 2.07. The van der Waals surface area contributed by atoms with E-state index in [4.69, 9.17) is 0 Å². The number of hydrogen-bond acceptors (Lipinski definition) is 2. The van der Waals surface area contributed by atoms with Crippen molar-refractivity contribution < 1.29 is 5.11 Å². The van der Waals surface area contributed by atoms with E-state index in [1.54, 1.807) is 0 Å². The molecular formula is C11H11BrN2O. The predicted octanol–water partition coefficient (Wildman–Crippen LogP) is 2.63. The van der Waals surface area contributed by atoms with Crippen molar-refractivity contribution >= 4 is 26.8 Å². The standard InChI is InChI=1S/C11H11BrN2O/c12-7-1-4-11-9(5-7)10(6-15)13-14(11)8-2-3-8/h1,4-5,8,15H,2-3,6H2. The van der Waals surface area contributed by atoms with Crippen LogP contribution in [0.4, 0.5) is 0 Å². The number of aliphatic hydroxyl groups excluding tert-OH is 1. The van der Waals surface area contributed by atoms with Crippen LogP contribution in [0.3, 0.4) is 0 Å². The molecule has 1 aliphatic rings. The summed E-state index contributed by atoms with van der Waals surface area (Å²) in [7, 11) is 0. The van der Waals surface area contributed by atoms with Crippen LogP contribution < -0.4 is 0 Å². The van der Waals surface area contributed by atoms with Crippen LogP contribution >= 0.6 is 15.9 Å². The van der Waals surface area contributed by atoms with Crippen molar-refractivity contribution in [2.45, 2.75) is 25.5 Å². The first-order chi connectivity index (χ1) is 7.29. The van der Waals surface area contributed by atoms with Crippen LogP contribution in [0, 0.1) is 0 Å². The van der Waals surface area contributed by atoms with Crippen LogP contribution in [0.5, 0.6) is 0 Å². The third kappa shape index (κ3) is 1.48. The Bertz CT molecular complexity index is 517. The summed E-state index contributed by atoms with van der Waals surface area (Å²) in [5, 5.41) is 14.8. The molecule has 1 saturated carbocycles. The summed E-state index contributed by atoms with van der Waals surface area (Å²) >= 11 is 3.44. The summed E-state index contributed by atoms with van der Waals surface area (Å²) in [6, 6.07) is 6.65. The molecule has 0 unspecified atom stereocenters. The summed E-state index contributed by atoms with van der Waals surface area (Å²) < 4.78 is 3.08. The normalized spacial score (nSPS) is 16.1. The highest BCUT2D eigenvalue weighted by Crippen LogP contribution is 2.37. The lowest BCUT2D eigenvalue weighted by atomic mass is 10.2. The number of aromatic nitrogens is 2. The van der Waals surface area contributed by atoms with Crippen molar-refractivity contribution in [3.8, 4) is 0 Å². The second kappa shape index (κ2) is 3.32. The van der Waals surface area contributed by atoms with Crippen molar-refractivity contribution in [1.82, 2.24) is 9.78 Å². The Labute approximate surface area is 95.8 Å². The maximum atomic E-state index is 9.25. The number of nitrogens with zero attached hydrogens (tertiary/aromatic N) is 2. The minimum atomic E-state index is 0.00662. The van der Waals surface area contributed by atoms with E-state index in [0.29, 0.717) is 6.04 Å². The summed E-state index contributed by atoms with van der Waals surface area (Å²) in [4.78, 5) is 0. The molecular weight excluding hydrogens is 256 g/mol. The van der Waals surface area contributed by atoms with Gasteiger partial charge in [-0.25, -0.2) is 0 Å². The third-order valence-corrected chi connectivity index (χ3v) is 3.28. The number of hydrogen-bond donors (Lipinski definition) is 1. The fourth-order valence-electron chi connectivity index (χ4n) is 1.89. The van der Waals surface area contributed by atoms with Gasteiger partial charge in [0.2, 0.25) is 0 Å². The van der Waals surface area contributed by atoms with Crippen molar-refractivity contribution in [2.24, 2.45) is 0 Å². The number of rotatable bonds is 2. The van der Waals surface area contributed by atoms with Gasteiger partial charge in [-0.15, -0.1) is 0 Å². The molecule has 15 heavy (non-hydrogen) atoms. The number of halogens is 1. The second-order valence-corrected chi connectivity index (χ2v) is 4.86. The molecule has 0 spiro atoms. The Balaban J connectivity index is 2.28. The van der Waals surface area contributed by atoms with Gasteiger partial charge >= 0.3 is 0 Å². The summed E-state index contributed by atoms with van der Waals surface area (Å²) in [6.45, 7) is 0.00662. The van der Waals surface area contributed by atoms with E-state index in [1.165, 1.54) is 12.8 Å². The lowest BCUT2D eigenvalue weighted by Crippen LogP contribution is -1.96. The zero-order chi connectivity index (χ0) is 10.4. The minimum absolute atomic E-state index is 0.00662. The Morgan fingerprint density at radius 3 is 2.93 bits per heavy atom. The van der Waals surface area contributed by atoms with Crippen molar-refractivity contribution in [2.75, 3.05) is 0 Å². The van der Waals surface area contributed by atoms with Crippen LogP contribution in [0.1, 0.15) is 24.6 Å². The van der Waals surface area contributed by atoms with Gasteiger partial charge in [-0.3, -0.25) is 4.68 Å². The Hall–Kier alpha value is -0.870. The van der Waals surface area contributed by atoms with Crippen molar-refractivity contribution in [3.63, 3.8) is 0 Å². The van der Waals surface area contributed by atoms with E-state index in [-0.39, 0.29) is 6.61 Å². The highest BCUT2D eigenvalue weighted by atomic mass is 79.9. The van der Waals surface area contributed by atoms with Crippen LogP contribution in [0.2, 0.25) is 0 Å². The molecule has 1 aromatic heterocycles. The molecule has 0 saturated heterocycles. The minimum Gasteiger partial charge on any atom is -0.390 e. The molecule has 1 heterocycles. The SMILES string of the molecule is OCc1nn(C2CC2)c2ccc(Br)cc12. The maximum absolute atomic E-state index is 9.25. The average Bonchev–Trinajstić information content (AvgIpc) is 3.01. The van der Waals surface area contributed by atoms with Crippen molar-refractivity contribution in [3.05, 3.63) is 28.4 Å². The van der Waals surface area contributed by atoms with Gasteiger partial charge in [0.25, 0.3) is 0 Å². The summed E-state index contributed by atoms with van der Waals surface area (Å²) in [6.07, 6.45) is 2.41. The zero-order valence-corrected chi connectivity index (χ0v) is 9.74. The summed E-state index contributed by atoms with van der Waals surface area (Å²) in [5.74, 6) is 0. The lowest BCUT2D eigenvalue weighted by Gasteiger charge is -1.99. The largest absolute Gasteiger partial charge is 0.390 e. The molecule has 0 radical (unpaired) electrons. The fourth-order valence-corrected chi connectivity index (χ4v) is 2.25. The molecule has 0 atom stereocenters. The predicted molar refractivity (Wildman–Crippen MR) is 61.6 cm³/mol. The van der Waals surface area contributed by atoms with Gasteiger partial charge in [0.1, 0.15) is 0 Å². The van der Waals surface area contributed by atoms with Gasteiger partial charge in [-0.05, 0) is 31.0 Å². The van der Waals surface area contributed by atoms with E-state index >= 15 is 0 Å². The molecule has 1 fully saturated rings.